The smallest absolute Gasteiger partial charge is 0.272 e. The van der Waals surface area contributed by atoms with Crippen molar-refractivity contribution in [1.29, 1.82) is 0 Å². The summed E-state index contributed by atoms with van der Waals surface area (Å²) in [6.45, 7) is 0. The number of nitro groups is 1. The van der Waals surface area contributed by atoms with E-state index in [9.17, 15) is 24.5 Å². The first-order valence-electron chi connectivity index (χ1n) is 12.2. The molecule has 4 aromatic rings. The van der Waals surface area contributed by atoms with Crippen LogP contribution in [0.1, 0.15) is 15.9 Å². The number of non-ortho nitro benzene ring substituents is 1. The molecule has 41 heavy (non-hydrogen) atoms. The number of anilines is 2. The highest BCUT2D eigenvalue weighted by Gasteiger charge is 2.16. The predicted molar refractivity (Wildman–Crippen MR) is 161 cm³/mol. The number of rotatable bonds is 10. The van der Waals surface area contributed by atoms with Gasteiger partial charge in [-0.05, 0) is 60.2 Å². The number of carbonyl (C=O) groups is 3. The van der Waals surface area contributed by atoms with E-state index in [1.54, 1.807) is 78.9 Å². The molecule has 0 aliphatic heterocycles. The molecule has 0 saturated heterocycles. The van der Waals surface area contributed by atoms with E-state index in [-0.39, 0.29) is 23.0 Å². The lowest BCUT2D eigenvalue weighted by molar-refractivity contribution is -0.384. The van der Waals surface area contributed by atoms with Crippen molar-refractivity contribution < 1.29 is 19.3 Å². The van der Waals surface area contributed by atoms with Crippen LogP contribution in [0, 0.1) is 10.1 Å². The molecule has 206 valence electrons. The number of amides is 3. The van der Waals surface area contributed by atoms with E-state index in [1.807, 2.05) is 0 Å². The second kappa shape index (κ2) is 13.9. The van der Waals surface area contributed by atoms with Gasteiger partial charge in [0.1, 0.15) is 5.70 Å². The Balaban J connectivity index is 1.43. The largest absolute Gasteiger partial charge is 0.325 e. The van der Waals surface area contributed by atoms with E-state index in [2.05, 4.69) is 16.0 Å². The predicted octanol–water partition coefficient (Wildman–Crippen LogP) is 6.39. The zero-order chi connectivity index (χ0) is 29.2. The minimum Gasteiger partial charge on any atom is -0.325 e. The number of thioether (sulfide) groups is 1. The van der Waals surface area contributed by atoms with Crippen LogP contribution < -0.4 is 16.0 Å². The monoisotopic (exact) mass is 586 g/mol. The molecule has 0 spiro atoms. The topological polar surface area (TPSA) is 130 Å². The molecule has 0 unspecified atom stereocenters. The number of halogens is 1. The SMILES string of the molecule is O=C(CSc1cccc(NC(=O)/C(=C\c2ccccc2Cl)NC(=O)c2ccccc2)c1)Nc1ccc([N+](=O)[O-])cc1. The fraction of sp³-hybridized carbons (Fsp3) is 0.0333. The number of nitrogens with one attached hydrogen (secondary N) is 3. The zero-order valence-corrected chi connectivity index (χ0v) is 22.9. The van der Waals surface area contributed by atoms with E-state index in [0.29, 0.717) is 32.4 Å². The van der Waals surface area contributed by atoms with Gasteiger partial charge in [-0.15, -0.1) is 11.8 Å². The second-order valence-electron chi connectivity index (χ2n) is 8.52. The summed E-state index contributed by atoms with van der Waals surface area (Å²) in [5.41, 5.74) is 1.76. The molecule has 0 aliphatic rings. The third-order valence-electron chi connectivity index (χ3n) is 5.56. The van der Waals surface area contributed by atoms with Gasteiger partial charge in [0.25, 0.3) is 17.5 Å². The Bertz CT molecular complexity index is 1610. The molecule has 3 amide bonds. The van der Waals surface area contributed by atoms with Crippen LogP contribution >= 0.6 is 23.4 Å². The van der Waals surface area contributed by atoms with Gasteiger partial charge in [-0.3, -0.25) is 24.5 Å². The molecule has 0 radical (unpaired) electrons. The molecule has 4 aromatic carbocycles. The summed E-state index contributed by atoms with van der Waals surface area (Å²) in [6, 6.07) is 27.9. The highest BCUT2D eigenvalue weighted by atomic mass is 35.5. The third kappa shape index (κ3) is 8.53. The van der Waals surface area contributed by atoms with Crippen molar-refractivity contribution in [3.05, 3.63) is 135 Å². The third-order valence-corrected chi connectivity index (χ3v) is 6.90. The first kappa shape index (κ1) is 29.1. The molecule has 0 fully saturated rings. The Hall–Kier alpha value is -4.93. The average molecular weight is 587 g/mol. The van der Waals surface area contributed by atoms with Gasteiger partial charge in [0, 0.05) is 39.0 Å². The van der Waals surface area contributed by atoms with E-state index in [4.69, 9.17) is 11.6 Å². The lowest BCUT2D eigenvalue weighted by atomic mass is 10.1. The Kier molecular flexibility index (Phi) is 9.87. The molecule has 0 bridgehead atoms. The van der Waals surface area contributed by atoms with E-state index in [1.165, 1.54) is 42.1 Å². The normalized spacial score (nSPS) is 10.9. The van der Waals surface area contributed by atoms with E-state index >= 15 is 0 Å². The quantitative estimate of drug-likeness (QED) is 0.0854. The molecule has 3 N–H and O–H groups in total. The molecular weight excluding hydrogens is 564 g/mol. The van der Waals surface area contributed by atoms with Crippen LogP contribution in [-0.4, -0.2) is 28.4 Å². The van der Waals surface area contributed by atoms with Crippen molar-refractivity contribution in [2.24, 2.45) is 0 Å². The van der Waals surface area contributed by atoms with Gasteiger partial charge < -0.3 is 16.0 Å². The standard InChI is InChI=1S/C30H23ClN4O5S/c31-26-12-5-4-9-21(26)17-27(34-29(37)20-7-2-1-3-8-20)30(38)33-23-10-6-11-25(18-23)41-19-28(36)32-22-13-15-24(16-14-22)35(39)40/h1-18H,19H2,(H,32,36)(H,33,38)(H,34,37)/b27-17+. The maximum absolute atomic E-state index is 13.3. The van der Waals surface area contributed by atoms with Crippen LogP contribution in [0.2, 0.25) is 5.02 Å². The summed E-state index contributed by atoms with van der Waals surface area (Å²) in [7, 11) is 0. The van der Waals surface area contributed by atoms with Crippen molar-refractivity contribution in [3.8, 4) is 0 Å². The number of carbonyl (C=O) groups excluding carboxylic acids is 3. The van der Waals surface area contributed by atoms with Crippen molar-refractivity contribution in [2.75, 3.05) is 16.4 Å². The van der Waals surface area contributed by atoms with Gasteiger partial charge in [-0.1, -0.05) is 54.1 Å². The lowest BCUT2D eigenvalue weighted by Gasteiger charge is -2.12. The zero-order valence-electron chi connectivity index (χ0n) is 21.4. The Morgan fingerprint density at radius 3 is 2.24 bits per heavy atom. The highest BCUT2D eigenvalue weighted by molar-refractivity contribution is 8.00. The summed E-state index contributed by atoms with van der Waals surface area (Å²) in [5, 5.41) is 19.4. The molecule has 0 aliphatic carbocycles. The Labute approximate surface area is 244 Å². The van der Waals surface area contributed by atoms with Crippen LogP contribution in [0.5, 0.6) is 0 Å². The van der Waals surface area contributed by atoms with Gasteiger partial charge in [0.15, 0.2) is 0 Å². The van der Waals surface area contributed by atoms with Crippen molar-refractivity contribution >= 4 is 64.2 Å². The molecule has 11 heteroatoms. The molecular formula is C30H23ClN4O5S. The number of nitrogens with zero attached hydrogens (tertiary/aromatic N) is 1. The number of benzene rings is 4. The molecule has 0 aromatic heterocycles. The van der Waals surface area contributed by atoms with Gasteiger partial charge in [0.2, 0.25) is 5.91 Å². The van der Waals surface area contributed by atoms with Gasteiger partial charge in [-0.25, -0.2) is 0 Å². The van der Waals surface area contributed by atoms with E-state index in [0.717, 1.165) is 0 Å². The summed E-state index contributed by atoms with van der Waals surface area (Å²) in [5.74, 6) is -1.25. The number of hydrogen-bond acceptors (Lipinski definition) is 6. The van der Waals surface area contributed by atoms with Crippen LogP contribution in [0.25, 0.3) is 6.08 Å². The molecule has 4 rings (SSSR count). The lowest BCUT2D eigenvalue weighted by Crippen LogP contribution is -2.30. The molecule has 9 nitrogen and oxygen atoms in total. The van der Waals surface area contributed by atoms with Crippen molar-refractivity contribution in [1.82, 2.24) is 5.32 Å². The van der Waals surface area contributed by atoms with Crippen LogP contribution in [0.4, 0.5) is 17.1 Å². The second-order valence-corrected chi connectivity index (χ2v) is 9.98. The minimum absolute atomic E-state index is 0.00696. The summed E-state index contributed by atoms with van der Waals surface area (Å²) >= 11 is 7.53. The molecule has 0 atom stereocenters. The maximum Gasteiger partial charge on any atom is 0.272 e. The average Bonchev–Trinajstić information content (AvgIpc) is 2.97. The maximum atomic E-state index is 13.3. The summed E-state index contributed by atoms with van der Waals surface area (Å²) in [4.78, 5) is 49.5. The van der Waals surface area contributed by atoms with Gasteiger partial charge in [-0.2, -0.15) is 0 Å². The fourth-order valence-corrected chi connectivity index (χ4v) is 4.51. The molecule has 0 saturated carbocycles. The van der Waals surface area contributed by atoms with Crippen molar-refractivity contribution in [3.63, 3.8) is 0 Å². The van der Waals surface area contributed by atoms with Gasteiger partial charge >= 0.3 is 0 Å². The van der Waals surface area contributed by atoms with E-state index < -0.39 is 16.7 Å². The van der Waals surface area contributed by atoms with Crippen LogP contribution in [0.15, 0.2) is 114 Å². The number of hydrogen-bond donors (Lipinski definition) is 3. The first-order chi connectivity index (χ1) is 19.8. The Morgan fingerprint density at radius 2 is 1.54 bits per heavy atom. The first-order valence-corrected chi connectivity index (χ1v) is 13.6. The van der Waals surface area contributed by atoms with Crippen LogP contribution in [-0.2, 0) is 9.59 Å². The highest BCUT2D eigenvalue weighted by Crippen LogP contribution is 2.24. The molecule has 0 heterocycles. The van der Waals surface area contributed by atoms with Crippen LogP contribution in [0.3, 0.4) is 0 Å². The Morgan fingerprint density at radius 1 is 0.829 bits per heavy atom. The van der Waals surface area contributed by atoms with Gasteiger partial charge in [0.05, 0.1) is 10.7 Å². The van der Waals surface area contributed by atoms with Crippen molar-refractivity contribution in [2.45, 2.75) is 4.90 Å². The summed E-state index contributed by atoms with van der Waals surface area (Å²) in [6.07, 6.45) is 1.50. The fourth-order valence-electron chi connectivity index (χ4n) is 3.56. The summed E-state index contributed by atoms with van der Waals surface area (Å²) < 4.78 is 0. The number of nitro benzene ring substituents is 1. The minimum atomic E-state index is -0.563.